The molecule has 0 radical (unpaired) electrons. The van der Waals surface area contributed by atoms with Gasteiger partial charge in [0.25, 0.3) is 11.8 Å². The van der Waals surface area contributed by atoms with E-state index in [0.717, 1.165) is 24.0 Å². The molecule has 1 aliphatic carbocycles. The highest BCUT2D eigenvalue weighted by Gasteiger charge is 2.22. The number of benzene rings is 2. The molecule has 0 aliphatic heterocycles. The van der Waals surface area contributed by atoms with E-state index >= 15 is 0 Å². The molecule has 7 nitrogen and oxygen atoms in total. The molecule has 0 spiro atoms. The minimum Gasteiger partial charge on any atom is -0.384 e. The van der Waals surface area contributed by atoms with Crippen LogP contribution >= 0.6 is 0 Å². The lowest BCUT2D eigenvalue weighted by Crippen LogP contribution is -2.26. The van der Waals surface area contributed by atoms with Crippen molar-refractivity contribution in [1.82, 2.24) is 10.3 Å². The number of amides is 2. The number of pyridine rings is 1. The SMILES string of the molecule is C=Cc1ccc(-c2ccc(C(=O)NCC3CC3)nc2C)c(C(=O)Nc2ccc(C(=N)N)cc2)c1. The molecule has 7 heteroatoms. The zero-order valence-electron chi connectivity index (χ0n) is 19.0. The van der Waals surface area contributed by atoms with E-state index in [1.54, 1.807) is 42.5 Å². The largest absolute Gasteiger partial charge is 0.384 e. The summed E-state index contributed by atoms with van der Waals surface area (Å²) < 4.78 is 0. The Kier molecular flexibility index (Phi) is 6.54. The molecule has 1 aliphatic rings. The van der Waals surface area contributed by atoms with Crippen LogP contribution in [0, 0.1) is 18.3 Å². The second kappa shape index (κ2) is 9.70. The minimum absolute atomic E-state index is 0.0357. The molecule has 2 aromatic carbocycles. The third-order valence-electron chi connectivity index (χ3n) is 5.83. The third-order valence-corrected chi connectivity index (χ3v) is 5.83. The highest BCUT2D eigenvalue weighted by molar-refractivity contribution is 6.09. The van der Waals surface area contributed by atoms with Crippen LogP contribution in [0.2, 0.25) is 0 Å². The molecule has 0 atom stereocenters. The van der Waals surface area contributed by atoms with E-state index in [0.29, 0.717) is 46.2 Å². The second-order valence-corrected chi connectivity index (χ2v) is 8.44. The number of aromatic nitrogens is 1. The van der Waals surface area contributed by atoms with Gasteiger partial charge in [0.05, 0.1) is 0 Å². The number of nitrogens with zero attached hydrogens (tertiary/aromatic N) is 1. The fourth-order valence-electron chi connectivity index (χ4n) is 3.66. The second-order valence-electron chi connectivity index (χ2n) is 8.44. The lowest BCUT2D eigenvalue weighted by molar-refractivity contribution is 0.0945. The van der Waals surface area contributed by atoms with Gasteiger partial charge in [0.1, 0.15) is 11.5 Å². The van der Waals surface area contributed by atoms with Gasteiger partial charge in [-0.15, -0.1) is 0 Å². The van der Waals surface area contributed by atoms with Gasteiger partial charge in [-0.3, -0.25) is 15.0 Å². The molecule has 0 bridgehead atoms. The molecule has 5 N–H and O–H groups in total. The number of nitrogen functional groups attached to an aromatic ring is 1. The van der Waals surface area contributed by atoms with Crippen molar-refractivity contribution in [3.05, 3.63) is 89.3 Å². The Labute approximate surface area is 198 Å². The molecule has 0 saturated heterocycles. The maximum absolute atomic E-state index is 13.2. The predicted octanol–water partition coefficient (Wildman–Crippen LogP) is 4.38. The van der Waals surface area contributed by atoms with E-state index in [4.69, 9.17) is 11.1 Å². The first kappa shape index (κ1) is 22.9. The maximum atomic E-state index is 13.2. The van der Waals surface area contributed by atoms with E-state index in [1.165, 1.54) is 0 Å². The molecule has 1 heterocycles. The van der Waals surface area contributed by atoms with Gasteiger partial charge in [0.2, 0.25) is 0 Å². The monoisotopic (exact) mass is 453 g/mol. The molecular formula is C27H27N5O2. The van der Waals surface area contributed by atoms with Crippen molar-refractivity contribution in [3.8, 4) is 11.1 Å². The van der Waals surface area contributed by atoms with Crippen LogP contribution < -0.4 is 16.4 Å². The summed E-state index contributed by atoms with van der Waals surface area (Å²) >= 11 is 0. The summed E-state index contributed by atoms with van der Waals surface area (Å²) in [5.74, 6) is 0.0781. The summed E-state index contributed by atoms with van der Waals surface area (Å²) in [4.78, 5) is 30.2. The van der Waals surface area contributed by atoms with Gasteiger partial charge in [-0.2, -0.15) is 0 Å². The fraction of sp³-hybridized carbons (Fsp3) is 0.185. The first-order chi connectivity index (χ1) is 16.4. The first-order valence-electron chi connectivity index (χ1n) is 11.1. The Bertz CT molecular complexity index is 1280. The predicted molar refractivity (Wildman–Crippen MR) is 135 cm³/mol. The molecule has 1 fully saturated rings. The van der Waals surface area contributed by atoms with Crippen molar-refractivity contribution in [2.75, 3.05) is 11.9 Å². The van der Waals surface area contributed by atoms with Crippen molar-refractivity contribution in [2.24, 2.45) is 11.7 Å². The third kappa shape index (κ3) is 5.20. The molecule has 1 saturated carbocycles. The summed E-state index contributed by atoms with van der Waals surface area (Å²) in [6.07, 6.45) is 4.01. The number of nitrogens with one attached hydrogen (secondary N) is 3. The smallest absolute Gasteiger partial charge is 0.269 e. The Hall–Kier alpha value is -4.26. The number of carbonyl (C=O) groups excluding carboxylic acids is 2. The number of carbonyl (C=O) groups is 2. The van der Waals surface area contributed by atoms with E-state index in [9.17, 15) is 9.59 Å². The highest BCUT2D eigenvalue weighted by atomic mass is 16.2. The summed E-state index contributed by atoms with van der Waals surface area (Å²) in [6.45, 7) is 6.32. The Balaban J connectivity index is 1.61. The normalized spacial score (nSPS) is 12.6. The van der Waals surface area contributed by atoms with Crippen molar-refractivity contribution in [1.29, 1.82) is 5.41 Å². The van der Waals surface area contributed by atoms with Crippen LogP contribution in [0.1, 0.15) is 50.5 Å². The average molecular weight is 454 g/mol. The Morgan fingerprint density at radius 3 is 2.41 bits per heavy atom. The molecule has 4 rings (SSSR count). The Morgan fingerprint density at radius 1 is 1.09 bits per heavy atom. The lowest BCUT2D eigenvalue weighted by atomic mass is 9.95. The first-order valence-corrected chi connectivity index (χ1v) is 11.1. The van der Waals surface area contributed by atoms with Gasteiger partial charge in [-0.25, -0.2) is 4.98 Å². The number of amidine groups is 1. The van der Waals surface area contributed by atoms with Crippen molar-refractivity contribution < 1.29 is 9.59 Å². The van der Waals surface area contributed by atoms with Gasteiger partial charge in [0.15, 0.2) is 0 Å². The number of rotatable bonds is 8. The number of hydrogen-bond acceptors (Lipinski definition) is 4. The molecule has 172 valence electrons. The lowest BCUT2D eigenvalue weighted by Gasteiger charge is -2.14. The van der Waals surface area contributed by atoms with Gasteiger partial charge >= 0.3 is 0 Å². The number of aryl methyl sites for hydroxylation is 1. The summed E-state index contributed by atoms with van der Waals surface area (Å²) in [6, 6.07) is 15.8. The molecule has 3 aromatic rings. The van der Waals surface area contributed by atoms with Crippen molar-refractivity contribution in [2.45, 2.75) is 19.8 Å². The number of hydrogen-bond donors (Lipinski definition) is 4. The topological polar surface area (TPSA) is 121 Å². The highest BCUT2D eigenvalue weighted by Crippen LogP contribution is 2.29. The van der Waals surface area contributed by atoms with E-state index in [2.05, 4.69) is 22.2 Å². The van der Waals surface area contributed by atoms with Crippen LogP contribution in [0.15, 0.2) is 61.2 Å². The van der Waals surface area contributed by atoms with Gasteiger partial charge in [-0.05, 0) is 73.2 Å². The zero-order valence-corrected chi connectivity index (χ0v) is 19.0. The van der Waals surface area contributed by atoms with E-state index in [-0.39, 0.29) is 17.6 Å². The quantitative estimate of drug-likeness (QED) is 0.299. The standard InChI is InChI=1S/C27H27N5O2/c1-3-17-6-11-22(21-12-13-24(31-16(21)2)27(34)30-15-18-4-5-18)23(14-17)26(33)32-20-9-7-19(8-10-20)25(28)29/h3,6-14,18H,1,4-5,15H2,2H3,(H3,28,29)(H,30,34)(H,32,33). The van der Waals surface area contributed by atoms with Crippen molar-refractivity contribution in [3.63, 3.8) is 0 Å². The van der Waals surface area contributed by atoms with Gasteiger partial charge in [-0.1, -0.05) is 30.9 Å². The average Bonchev–Trinajstić information content (AvgIpc) is 3.67. The van der Waals surface area contributed by atoms with Crippen LogP contribution in [-0.2, 0) is 0 Å². The zero-order chi connectivity index (χ0) is 24.2. The Morgan fingerprint density at radius 2 is 1.79 bits per heavy atom. The number of anilines is 1. The molecule has 1 aromatic heterocycles. The fourth-order valence-corrected chi connectivity index (χ4v) is 3.66. The van der Waals surface area contributed by atoms with Crippen LogP contribution in [0.25, 0.3) is 17.2 Å². The van der Waals surface area contributed by atoms with Crippen LogP contribution in [0.3, 0.4) is 0 Å². The molecule has 0 unspecified atom stereocenters. The summed E-state index contributed by atoms with van der Waals surface area (Å²) in [7, 11) is 0. The molecular weight excluding hydrogens is 426 g/mol. The molecule has 2 amide bonds. The van der Waals surface area contributed by atoms with Gasteiger partial charge < -0.3 is 16.4 Å². The minimum atomic E-state index is -0.292. The van der Waals surface area contributed by atoms with Gasteiger partial charge in [0, 0.05) is 34.6 Å². The number of nitrogens with two attached hydrogens (primary N) is 1. The van der Waals surface area contributed by atoms with E-state index < -0.39 is 0 Å². The maximum Gasteiger partial charge on any atom is 0.269 e. The van der Waals surface area contributed by atoms with Crippen LogP contribution in [0.5, 0.6) is 0 Å². The summed E-state index contributed by atoms with van der Waals surface area (Å²) in [5.41, 5.74) is 10.4. The summed E-state index contributed by atoms with van der Waals surface area (Å²) in [5, 5.41) is 13.3. The van der Waals surface area contributed by atoms with E-state index in [1.807, 2.05) is 25.1 Å². The van der Waals surface area contributed by atoms with Crippen molar-refractivity contribution >= 4 is 29.4 Å². The van der Waals surface area contributed by atoms with Crippen LogP contribution in [0.4, 0.5) is 5.69 Å². The molecule has 34 heavy (non-hydrogen) atoms. The van der Waals surface area contributed by atoms with Crippen LogP contribution in [-0.4, -0.2) is 29.2 Å².